The fourth-order valence-corrected chi connectivity index (χ4v) is 4.23. The van der Waals surface area contributed by atoms with Gasteiger partial charge < -0.3 is 14.5 Å². The van der Waals surface area contributed by atoms with Gasteiger partial charge in [-0.2, -0.15) is 0 Å². The highest BCUT2D eigenvalue weighted by Gasteiger charge is 2.35. The zero-order valence-electron chi connectivity index (χ0n) is 19.5. The van der Waals surface area contributed by atoms with Crippen LogP contribution in [0.2, 0.25) is 0 Å². The van der Waals surface area contributed by atoms with E-state index in [1.807, 2.05) is 6.92 Å². The number of likely N-dealkylation sites (tertiary alicyclic amines) is 1. The predicted octanol–water partition coefficient (Wildman–Crippen LogP) is 1.63. The Bertz CT molecular complexity index is 960. The van der Waals surface area contributed by atoms with Gasteiger partial charge in [-0.15, -0.1) is 0 Å². The molecule has 2 aliphatic heterocycles. The lowest BCUT2D eigenvalue weighted by atomic mass is 9.98. The summed E-state index contributed by atoms with van der Waals surface area (Å²) in [5.74, 6) is -1.75. The van der Waals surface area contributed by atoms with Crippen LogP contribution in [0.4, 0.5) is 0 Å². The number of carbonyl (C=O) groups is 5. The van der Waals surface area contributed by atoms with Crippen LogP contribution >= 0.6 is 0 Å². The van der Waals surface area contributed by atoms with E-state index in [4.69, 9.17) is 4.74 Å². The van der Waals surface area contributed by atoms with Gasteiger partial charge in [-0.3, -0.25) is 28.9 Å². The number of benzene rings is 1. The molecule has 1 fully saturated rings. The van der Waals surface area contributed by atoms with E-state index in [2.05, 4.69) is 0 Å². The van der Waals surface area contributed by atoms with Gasteiger partial charge in [0.25, 0.3) is 11.8 Å². The van der Waals surface area contributed by atoms with Gasteiger partial charge in [0.2, 0.25) is 11.8 Å². The molecular weight excluding hydrogens is 426 g/mol. The van der Waals surface area contributed by atoms with Crippen LogP contribution in [0.3, 0.4) is 0 Å². The Kier molecular flexibility index (Phi) is 7.84. The van der Waals surface area contributed by atoms with Gasteiger partial charge in [-0.25, -0.2) is 0 Å². The fraction of sp³-hybridized carbons (Fsp3) is 0.542. The van der Waals surface area contributed by atoms with Gasteiger partial charge in [0.1, 0.15) is 0 Å². The second-order valence-corrected chi connectivity index (χ2v) is 8.60. The minimum absolute atomic E-state index is 0.0827. The maximum absolute atomic E-state index is 12.6. The number of hydrogen-bond acceptors (Lipinski definition) is 6. The molecule has 1 atom stereocenters. The molecule has 178 valence electrons. The third-order valence-corrected chi connectivity index (χ3v) is 6.09. The molecule has 0 radical (unpaired) electrons. The van der Waals surface area contributed by atoms with E-state index in [1.54, 1.807) is 37.1 Å². The first kappa shape index (κ1) is 24.4. The Morgan fingerprint density at radius 1 is 1.15 bits per heavy atom. The van der Waals surface area contributed by atoms with Crippen LogP contribution in [-0.2, 0) is 19.1 Å². The molecule has 33 heavy (non-hydrogen) atoms. The van der Waals surface area contributed by atoms with E-state index in [-0.39, 0.29) is 55.0 Å². The number of hydrogen-bond donors (Lipinski definition) is 0. The van der Waals surface area contributed by atoms with Crippen LogP contribution in [0.1, 0.15) is 58.9 Å². The van der Waals surface area contributed by atoms with E-state index < -0.39 is 0 Å². The molecule has 3 rings (SSSR count). The predicted molar refractivity (Wildman–Crippen MR) is 119 cm³/mol. The van der Waals surface area contributed by atoms with Gasteiger partial charge in [0.15, 0.2) is 0 Å². The molecule has 2 aliphatic rings. The Labute approximate surface area is 193 Å². The number of esters is 1. The summed E-state index contributed by atoms with van der Waals surface area (Å²) in [5, 5.41) is 0. The van der Waals surface area contributed by atoms with Gasteiger partial charge in [-0.1, -0.05) is 11.6 Å². The zero-order chi connectivity index (χ0) is 24.1. The average molecular weight is 458 g/mol. The van der Waals surface area contributed by atoms with E-state index in [0.717, 1.165) is 5.56 Å². The summed E-state index contributed by atoms with van der Waals surface area (Å²) in [7, 11) is 1.55. The summed E-state index contributed by atoms with van der Waals surface area (Å²) in [6, 6.07) is 5.15. The SMILES string of the molecule is CCOC(=O)C1CCCN(C(=O)CN(C)C(=O)CCCN2C(=O)c3ccc(C)cc3C2=O)C1. The topological polar surface area (TPSA) is 104 Å². The molecule has 9 heteroatoms. The minimum Gasteiger partial charge on any atom is -0.466 e. The number of likely N-dealkylation sites (N-methyl/N-ethyl adjacent to an activating group) is 1. The smallest absolute Gasteiger partial charge is 0.310 e. The number of carbonyl (C=O) groups excluding carboxylic acids is 5. The molecule has 4 amide bonds. The first-order chi connectivity index (χ1) is 15.7. The Morgan fingerprint density at radius 3 is 2.61 bits per heavy atom. The number of imide groups is 1. The van der Waals surface area contributed by atoms with Crippen molar-refractivity contribution in [2.45, 2.75) is 39.5 Å². The Morgan fingerprint density at radius 2 is 1.88 bits per heavy atom. The number of amides is 4. The summed E-state index contributed by atoms with van der Waals surface area (Å²) in [6.07, 6.45) is 1.83. The normalized spacial score (nSPS) is 17.7. The standard InChI is InChI=1S/C24H31N3O6/c1-4-33-24(32)17-7-5-11-26(14-17)21(29)15-25(3)20(28)8-6-12-27-22(30)18-10-9-16(2)13-19(18)23(27)31/h9-10,13,17H,4-8,11-12,14-15H2,1-3H3. The van der Waals surface area contributed by atoms with E-state index in [1.165, 1.54) is 9.80 Å². The van der Waals surface area contributed by atoms with Crippen molar-refractivity contribution in [1.82, 2.24) is 14.7 Å². The third kappa shape index (κ3) is 5.58. The van der Waals surface area contributed by atoms with Crippen molar-refractivity contribution in [3.8, 4) is 0 Å². The summed E-state index contributed by atoms with van der Waals surface area (Å²) in [5.41, 5.74) is 1.69. The maximum atomic E-state index is 12.6. The first-order valence-electron chi connectivity index (χ1n) is 11.4. The quantitative estimate of drug-likeness (QED) is 0.434. The number of nitrogens with zero attached hydrogens (tertiary/aromatic N) is 3. The van der Waals surface area contributed by atoms with Crippen LogP contribution in [0.25, 0.3) is 0 Å². The highest BCUT2D eigenvalue weighted by Crippen LogP contribution is 2.24. The number of rotatable bonds is 8. The lowest BCUT2D eigenvalue weighted by molar-refractivity contribution is -0.152. The van der Waals surface area contributed by atoms with Crippen molar-refractivity contribution < 1.29 is 28.7 Å². The first-order valence-corrected chi connectivity index (χ1v) is 11.4. The molecule has 9 nitrogen and oxygen atoms in total. The number of piperidine rings is 1. The zero-order valence-corrected chi connectivity index (χ0v) is 19.5. The van der Waals surface area contributed by atoms with Crippen LogP contribution < -0.4 is 0 Å². The van der Waals surface area contributed by atoms with Crippen molar-refractivity contribution in [3.63, 3.8) is 0 Å². The summed E-state index contributed by atoms with van der Waals surface area (Å²) in [6.45, 7) is 4.83. The molecule has 0 N–H and O–H groups in total. The van der Waals surface area contributed by atoms with Crippen molar-refractivity contribution in [3.05, 3.63) is 34.9 Å². The molecule has 1 aromatic carbocycles. The number of ether oxygens (including phenoxy) is 1. The molecule has 0 spiro atoms. The molecule has 0 aromatic heterocycles. The molecule has 1 saturated heterocycles. The molecule has 1 unspecified atom stereocenters. The largest absolute Gasteiger partial charge is 0.466 e. The van der Waals surface area contributed by atoms with Crippen molar-refractivity contribution >= 4 is 29.6 Å². The molecule has 0 aliphatic carbocycles. The summed E-state index contributed by atoms with van der Waals surface area (Å²) < 4.78 is 5.06. The highest BCUT2D eigenvalue weighted by atomic mass is 16.5. The van der Waals surface area contributed by atoms with E-state index in [0.29, 0.717) is 50.1 Å². The number of aryl methyl sites for hydroxylation is 1. The van der Waals surface area contributed by atoms with Gasteiger partial charge >= 0.3 is 5.97 Å². The van der Waals surface area contributed by atoms with Crippen molar-refractivity contribution in [2.24, 2.45) is 5.92 Å². The fourth-order valence-electron chi connectivity index (χ4n) is 4.23. The molecule has 2 heterocycles. The van der Waals surface area contributed by atoms with Crippen LogP contribution in [-0.4, -0.2) is 84.1 Å². The van der Waals surface area contributed by atoms with Gasteiger partial charge in [0.05, 0.1) is 30.2 Å². The van der Waals surface area contributed by atoms with Gasteiger partial charge in [0, 0.05) is 33.1 Å². The molecule has 1 aromatic rings. The second-order valence-electron chi connectivity index (χ2n) is 8.60. The third-order valence-electron chi connectivity index (χ3n) is 6.09. The summed E-state index contributed by atoms with van der Waals surface area (Å²) in [4.78, 5) is 66.3. The van der Waals surface area contributed by atoms with Crippen molar-refractivity contribution in [1.29, 1.82) is 0 Å². The second kappa shape index (κ2) is 10.6. The molecule has 0 saturated carbocycles. The number of fused-ring (bicyclic) bond motifs is 1. The van der Waals surface area contributed by atoms with Crippen LogP contribution in [0, 0.1) is 12.8 Å². The summed E-state index contributed by atoms with van der Waals surface area (Å²) >= 11 is 0. The average Bonchev–Trinajstić information content (AvgIpc) is 3.03. The van der Waals surface area contributed by atoms with E-state index >= 15 is 0 Å². The van der Waals surface area contributed by atoms with Crippen molar-refractivity contribution in [2.75, 3.05) is 39.8 Å². The van der Waals surface area contributed by atoms with Crippen LogP contribution in [0.5, 0.6) is 0 Å². The maximum Gasteiger partial charge on any atom is 0.310 e. The van der Waals surface area contributed by atoms with Crippen LogP contribution in [0.15, 0.2) is 18.2 Å². The lowest BCUT2D eigenvalue weighted by Gasteiger charge is -2.32. The Hall–Kier alpha value is -3.23. The van der Waals surface area contributed by atoms with E-state index in [9.17, 15) is 24.0 Å². The molecule has 0 bridgehead atoms. The molecular formula is C24H31N3O6. The monoisotopic (exact) mass is 457 g/mol. The highest BCUT2D eigenvalue weighted by molar-refractivity contribution is 6.21. The minimum atomic E-state index is -0.341. The Balaban J connectivity index is 1.45. The van der Waals surface area contributed by atoms with Gasteiger partial charge in [-0.05, 0) is 45.2 Å². The lowest BCUT2D eigenvalue weighted by Crippen LogP contribution is -2.47.